The first kappa shape index (κ1) is 19.7. The van der Waals surface area contributed by atoms with Crippen LogP contribution in [0.3, 0.4) is 0 Å². The highest BCUT2D eigenvalue weighted by Gasteiger charge is 2.32. The van der Waals surface area contributed by atoms with Gasteiger partial charge in [0.25, 0.3) is 5.91 Å². The van der Waals surface area contributed by atoms with Crippen LogP contribution in [-0.4, -0.2) is 26.1 Å². The molecule has 0 fully saturated rings. The fourth-order valence-electron chi connectivity index (χ4n) is 3.47. The second-order valence-electron chi connectivity index (χ2n) is 7.19. The first-order chi connectivity index (χ1) is 15.4. The van der Waals surface area contributed by atoms with Gasteiger partial charge in [0.05, 0.1) is 0 Å². The van der Waals surface area contributed by atoms with E-state index in [0.717, 1.165) is 29.1 Å². The third-order valence-corrected chi connectivity index (χ3v) is 5.07. The second-order valence-corrected chi connectivity index (χ2v) is 7.19. The molecule has 10 heteroatoms. The molecule has 7 nitrogen and oxygen atoms in total. The zero-order valence-electron chi connectivity index (χ0n) is 16.4. The third kappa shape index (κ3) is 3.78. The van der Waals surface area contributed by atoms with Crippen molar-refractivity contribution in [3.63, 3.8) is 0 Å². The van der Waals surface area contributed by atoms with Crippen molar-refractivity contribution in [1.82, 2.24) is 25.5 Å². The lowest BCUT2D eigenvalue weighted by Gasteiger charge is -2.08. The Morgan fingerprint density at radius 3 is 2.50 bits per heavy atom. The number of benzene rings is 2. The monoisotopic (exact) mass is 436 g/mol. The quantitative estimate of drug-likeness (QED) is 0.437. The van der Waals surface area contributed by atoms with E-state index in [1.54, 1.807) is 36.4 Å². The van der Waals surface area contributed by atoms with Gasteiger partial charge in [-0.2, -0.15) is 18.2 Å². The number of hydrogen-bond acceptors (Lipinski definition) is 5. The molecular weight excluding hydrogens is 421 g/mol. The number of aromatic amines is 1. The average Bonchev–Trinajstić information content (AvgIpc) is 3.40. The van der Waals surface area contributed by atoms with Crippen molar-refractivity contribution >= 4 is 17.5 Å². The van der Waals surface area contributed by atoms with Crippen molar-refractivity contribution in [2.45, 2.75) is 12.7 Å². The summed E-state index contributed by atoms with van der Waals surface area (Å²) in [5, 5.41) is 12.8. The number of nitrogens with one attached hydrogen (secondary N) is 3. The van der Waals surface area contributed by atoms with Gasteiger partial charge >= 0.3 is 6.18 Å². The fourth-order valence-corrected chi connectivity index (χ4v) is 3.47. The summed E-state index contributed by atoms with van der Waals surface area (Å²) in [6.07, 6.45) is -3.35. The third-order valence-electron chi connectivity index (χ3n) is 5.07. The van der Waals surface area contributed by atoms with E-state index in [1.165, 1.54) is 6.07 Å². The van der Waals surface area contributed by atoms with Crippen LogP contribution in [0.5, 0.6) is 0 Å². The Labute approximate surface area is 179 Å². The van der Waals surface area contributed by atoms with Crippen molar-refractivity contribution in [3.05, 3.63) is 77.6 Å². The SMILES string of the molecule is O=C1NCc2cc(Nc3n[nH]c(-c4ccc(-c5ccnc(C(F)(F)F)c5)cc4)n3)ccc21. The Morgan fingerprint density at radius 1 is 0.938 bits per heavy atom. The van der Waals surface area contributed by atoms with Crippen LogP contribution in [0.1, 0.15) is 21.6 Å². The number of amides is 1. The Bertz CT molecular complexity index is 1310. The summed E-state index contributed by atoms with van der Waals surface area (Å²) >= 11 is 0. The molecule has 0 radical (unpaired) electrons. The number of alkyl halides is 3. The van der Waals surface area contributed by atoms with Gasteiger partial charge in [-0.25, -0.2) is 0 Å². The van der Waals surface area contributed by atoms with E-state index >= 15 is 0 Å². The number of halogens is 3. The molecule has 4 aromatic rings. The van der Waals surface area contributed by atoms with Gasteiger partial charge in [-0.3, -0.25) is 14.9 Å². The lowest BCUT2D eigenvalue weighted by molar-refractivity contribution is -0.141. The molecule has 1 aliphatic heterocycles. The maximum Gasteiger partial charge on any atom is 0.433 e. The maximum atomic E-state index is 12.9. The highest BCUT2D eigenvalue weighted by Crippen LogP contribution is 2.31. The average molecular weight is 436 g/mol. The van der Waals surface area contributed by atoms with Crippen LogP contribution in [-0.2, 0) is 12.7 Å². The van der Waals surface area contributed by atoms with Crippen LogP contribution in [0.4, 0.5) is 24.8 Å². The van der Waals surface area contributed by atoms with Gasteiger partial charge in [-0.05, 0) is 47.0 Å². The molecule has 160 valence electrons. The standard InChI is InChI=1S/C22H15F3N6O/c23-22(24,25)18-10-14(7-8-26-18)12-1-3-13(4-2-12)19-29-21(31-30-19)28-16-5-6-17-15(9-16)11-27-20(17)32/h1-10H,11H2,(H,27,32)(H2,28,29,30,31). The molecule has 3 N–H and O–H groups in total. The summed E-state index contributed by atoms with van der Waals surface area (Å²) in [5.74, 6) is 0.768. The van der Waals surface area contributed by atoms with E-state index in [9.17, 15) is 18.0 Å². The van der Waals surface area contributed by atoms with E-state index in [4.69, 9.17) is 0 Å². The molecule has 0 atom stereocenters. The number of hydrogen-bond donors (Lipinski definition) is 3. The minimum atomic E-state index is -4.50. The molecule has 0 saturated heterocycles. The van der Waals surface area contributed by atoms with Gasteiger partial charge in [0.15, 0.2) is 5.82 Å². The Kier molecular flexibility index (Phi) is 4.62. The van der Waals surface area contributed by atoms with Gasteiger partial charge in [0.1, 0.15) is 5.69 Å². The normalized spacial score (nSPS) is 13.0. The van der Waals surface area contributed by atoms with Gasteiger partial charge < -0.3 is 10.6 Å². The molecule has 0 bridgehead atoms. The predicted molar refractivity (Wildman–Crippen MR) is 111 cm³/mol. The van der Waals surface area contributed by atoms with Crippen LogP contribution in [0.25, 0.3) is 22.5 Å². The number of pyridine rings is 1. The molecule has 0 saturated carbocycles. The molecule has 3 heterocycles. The molecule has 2 aromatic carbocycles. The van der Waals surface area contributed by atoms with Crippen molar-refractivity contribution in [3.8, 4) is 22.5 Å². The van der Waals surface area contributed by atoms with Crippen molar-refractivity contribution in [1.29, 1.82) is 0 Å². The number of nitrogens with zero attached hydrogens (tertiary/aromatic N) is 3. The summed E-state index contributed by atoms with van der Waals surface area (Å²) < 4.78 is 38.7. The number of anilines is 2. The lowest BCUT2D eigenvalue weighted by atomic mass is 10.0. The zero-order valence-corrected chi connectivity index (χ0v) is 16.4. The van der Waals surface area contributed by atoms with Crippen LogP contribution >= 0.6 is 0 Å². The summed E-state index contributed by atoms with van der Waals surface area (Å²) in [6, 6.07) is 14.9. The minimum Gasteiger partial charge on any atom is -0.348 e. The zero-order chi connectivity index (χ0) is 22.3. The van der Waals surface area contributed by atoms with E-state index in [2.05, 4.69) is 30.8 Å². The predicted octanol–water partition coefficient (Wildman–Crippen LogP) is 4.54. The van der Waals surface area contributed by atoms with E-state index in [-0.39, 0.29) is 5.91 Å². The summed E-state index contributed by atoms with van der Waals surface area (Å²) in [4.78, 5) is 19.5. The summed E-state index contributed by atoms with van der Waals surface area (Å²) in [5.41, 5.74) is 3.14. The lowest BCUT2D eigenvalue weighted by Crippen LogP contribution is -2.12. The first-order valence-corrected chi connectivity index (χ1v) is 9.61. The molecule has 5 rings (SSSR count). The molecule has 1 amide bonds. The van der Waals surface area contributed by atoms with Gasteiger partial charge in [-0.15, -0.1) is 5.10 Å². The van der Waals surface area contributed by atoms with Crippen molar-refractivity contribution in [2.75, 3.05) is 5.32 Å². The molecule has 0 spiro atoms. The Hall–Kier alpha value is -4.21. The largest absolute Gasteiger partial charge is 0.433 e. The molecule has 2 aromatic heterocycles. The van der Waals surface area contributed by atoms with Crippen LogP contribution in [0.2, 0.25) is 0 Å². The van der Waals surface area contributed by atoms with Gasteiger partial charge in [0.2, 0.25) is 5.95 Å². The number of carbonyl (C=O) groups excluding carboxylic acids is 1. The topological polar surface area (TPSA) is 95.6 Å². The number of rotatable bonds is 4. The maximum absolute atomic E-state index is 12.9. The molecular formula is C22H15F3N6O. The first-order valence-electron chi connectivity index (χ1n) is 9.61. The van der Waals surface area contributed by atoms with Crippen LogP contribution in [0, 0.1) is 0 Å². The van der Waals surface area contributed by atoms with E-state index in [0.29, 0.717) is 35.0 Å². The fraction of sp³-hybridized carbons (Fsp3) is 0.0909. The van der Waals surface area contributed by atoms with Crippen molar-refractivity contribution < 1.29 is 18.0 Å². The molecule has 0 aliphatic carbocycles. The van der Waals surface area contributed by atoms with Gasteiger partial charge in [-0.1, -0.05) is 24.3 Å². The van der Waals surface area contributed by atoms with Crippen molar-refractivity contribution in [2.24, 2.45) is 0 Å². The summed E-state index contributed by atoms with van der Waals surface area (Å²) in [7, 11) is 0. The molecule has 0 unspecified atom stereocenters. The smallest absolute Gasteiger partial charge is 0.348 e. The number of H-pyrrole nitrogens is 1. The van der Waals surface area contributed by atoms with E-state index in [1.807, 2.05) is 6.07 Å². The summed E-state index contributed by atoms with van der Waals surface area (Å²) in [6.45, 7) is 0.483. The van der Waals surface area contributed by atoms with Crippen LogP contribution in [0.15, 0.2) is 60.8 Å². The minimum absolute atomic E-state index is 0.0865. The second kappa shape index (κ2) is 7.49. The Balaban J connectivity index is 1.33. The highest BCUT2D eigenvalue weighted by atomic mass is 19.4. The van der Waals surface area contributed by atoms with Crippen LogP contribution < -0.4 is 10.6 Å². The molecule has 1 aliphatic rings. The number of aromatic nitrogens is 4. The number of fused-ring (bicyclic) bond motifs is 1. The Morgan fingerprint density at radius 2 is 1.72 bits per heavy atom. The van der Waals surface area contributed by atoms with Gasteiger partial charge in [0, 0.05) is 29.6 Å². The molecule has 32 heavy (non-hydrogen) atoms. The van der Waals surface area contributed by atoms with E-state index < -0.39 is 11.9 Å². The number of carbonyl (C=O) groups is 1. The highest BCUT2D eigenvalue weighted by molar-refractivity contribution is 5.98.